The molecule has 7 heteroatoms. The van der Waals surface area contributed by atoms with E-state index in [0.29, 0.717) is 22.8 Å². The fourth-order valence-corrected chi connectivity index (χ4v) is 2.05. The average Bonchev–Trinajstić information content (AvgIpc) is 2.71. The number of benzene rings is 1. The molecule has 0 spiro atoms. The summed E-state index contributed by atoms with van der Waals surface area (Å²) < 4.78 is 33.7. The predicted molar refractivity (Wildman–Crippen MR) is 74.2 cm³/mol. The minimum absolute atomic E-state index is 0.0202. The highest BCUT2D eigenvalue weighted by Crippen LogP contribution is 2.29. The third kappa shape index (κ3) is 3.72. The maximum Gasteiger partial charge on any atom is 0.387 e. The Labute approximate surface area is 124 Å². The van der Waals surface area contributed by atoms with E-state index >= 15 is 0 Å². The number of carbonyl (C=O) groups excluding carboxylic acids is 1. The molecule has 2 rings (SSSR count). The highest BCUT2D eigenvalue weighted by molar-refractivity contribution is 6.32. The smallest absolute Gasteiger partial charge is 0.387 e. The van der Waals surface area contributed by atoms with Crippen molar-refractivity contribution >= 4 is 23.2 Å². The van der Waals surface area contributed by atoms with E-state index in [1.807, 2.05) is 0 Å². The molecule has 0 radical (unpaired) electrons. The Morgan fingerprint density at radius 3 is 2.57 bits per heavy atom. The van der Waals surface area contributed by atoms with Gasteiger partial charge in [-0.1, -0.05) is 11.6 Å². The van der Waals surface area contributed by atoms with Gasteiger partial charge in [0.15, 0.2) is 0 Å². The van der Waals surface area contributed by atoms with Gasteiger partial charge in [0.05, 0.1) is 10.6 Å². The number of amides is 1. The summed E-state index contributed by atoms with van der Waals surface area (Å²) in [5.74, 6) is 0.591. The topological polar surface area (TPSA) is 51.5 Å². The Morgan fingerprint density at radius 2 is 2.05 bits per heavy atom. The summed E-state index contributed by atoms with van der Waals surface area (Å²) in [5, 5.41) is 2.59. The van der Waals surface area contributed by atoms with Crippen LogP contribution < -0.4 is 10.1 Å². The van der Waals surface area contributed by atoms with Crippen LogP contribution in [0.25, 0.3) is 0 Å². The lowest BCUT2D eigenvalue weighted by atomic mass is 10.2. The summed E-state index contributed by atoms with van der Waals surface area (Å²) in [5.41, 5.74) is 0.765. The van der Waals surface area contributed by atoms with Crippen molar-refractivity contribution in [3.05, 3.63) is 46.4 Å². The van der Waals surface area contributed by atoms with Gasteiger partial charge in [-0.25, -0.2) is 0 Å². The van der Waals surface area contributed by atoms with Crippen LogP contribution in [-0.4, -0.2) is 12.5 Å². The normalized spacial score (nSPS) is 10.8. The third-order valence-electron chi connectivity index (χ3n) is 2.69. The number of carbonyl (C=O) groups is 1. The number of halogens is 3. The van der Waals surface area contributed by atoms with E-state index in [4.69, 9.17) is 16.0 Å². The number of hydrogen-bond donors (Lipinski definition) is 1. The SMILES string of the molecule is Cc1cc(C(=O)Nc2ccc(OC(F)F)c(Cl)c2)c(C)o1. The van der Waals surface area contributed by atoms with Crippen molar-refractivity contribution in [2.45, 2.75) is 20.5 Å². The summed E-state index contributed by atoms with van der Waals surface area (Å²) in [7, 11) is 0. The summed E-state index contributed by atoms with van der Waals surface area (Å²) in [4.78, 5) is 12.1. The van der Waals surface area contributed by atoms with Gasteiger partial charge in [-0.05, 0) is 38.1 Å². The van der Waals surface area contributed by atoms with Crippen LogP contribution >= 0.6 is 11.6 Å². The quantitative estimate of drug-likeness (QED) is 0.909. The predicted octanol–water partition coefficient (Wildman–Crippen LogP) is 4.40. The van der Waals surface area contributed by atoms with Crippen LogP contribution in [0.5, 0.6) is 5.75 Å². The zero-order chi connectivity index (χ0) is 15.6. The zero-order valence-electron chi connectivity index (χ0n) is 11.2. The first-order valence-corrected chi connectivity index (χ1v) is 6.37. The largest absolute Gasteiger partial charge is 0.466 e. The van der Waals surface area contributed by atoms with Crippen molar-refractivity contribution in [1.29, 1.82) is 0 Å². The Hall–Kier alpha value is -2.08. The molecule has 1 heterocycles. The number of furan rings is 1. The molecule has 0 atom stereocenters. The second-order valence-electron chi connectivity index (χ2n) is 4.30. The molecular formula is C14H12ClF2NO3. The molecule has 0 aliphatic heterocycles. The molecule has 1 N–H and O–H groups in total. The number of ether oxygens (including phenoxy) is 1. The minimum atomic E-state index is -2.96. The molecule has 1 aromatic heterocycles. The molecule has 0 saturated heterocycles. The van der Waals surface area contributed by atoms with Gasteiger partial charge in [-0.2, -0.15) is 8.78 Å². The molecule has 0 bridgehead atoms. The van der Waals surface area contributed by atoms with Gasteiger partial charge in [0, 0.05) is 5.69 Å². The Bertz CT molecular complexity index is 670. The second-order valence-corrected chi connectivity index (χ2v) is 4.71. The molecule has 1 aromatic carbocycles. The number of rotatable bonds is 4. The molecule has 4 nitrogen and oxygen atoms in total. The highest BCUT2D eigenvalue weighted by Gasteiger charge is 2.15. The van der Waals surface area contributed by atoms with E-state index in [0.717, 1.165) is 0 Å². The van der Waals surface area contributed by atoms with Crippen LogP contribution in [0.1, 0.15) is 21.9 Å². The number of anilines is 1. The van der Waals surface area contributed by atoms with E-state index < -0.39 is 6.61 Å². The first-order valence-electron chi connectivity index (χ1n) is 5.99. The van der Waals surface area contributed by atoms with Crippen LogP contribution in [0.3, 0.4) is 0 Å². The first-order chi connectivity index (χ1) is 9.86. The first kappa shape index (κ1) is 15.3. The maximum absolute atomic E-state index is 12.1. The number of alkyl halides is 2. The molecule has 1 amide bonds. The summed E-state index contributed by atoms with van der Waals surface area (Å²) in [6, 6.07) is 5.63. The van der Waals surface area contributed by atoms with Gasteiger partial charge in [0.1, 0.15) is 17.3 Å². The number of hydrogen-bond acceptors (Lipinski definition) is 3. The van der Waals surface area contributed by atoms with Crippen molar-refractivity contribution in [3.8, 4) is 5.75 Å². The average molecular weight is 316 g/mol. The molecule has 0 aliphatic carbocycles. The minimum Gasteiger partial charge on any atom is -0.466 e. The molecule has 2 aromatic rings. The monoisotopic (exact) mass is 315 g/mol. The lowest BCUT2D eigenvalue weighted by Crippen LogP contribution is -2.12. The molecule has 0 fully saturated rings. The van der Waals surface area contributed by atoms with Crippen molar-refractivity contribution in [1.82, 2.24) is 0 Å². The molecule has 112 valence electrons. The number of nitrogens with one attached hydrogen (secondary N) is 1. The van der Waals surface area contributed by atoms with Crippen LogP contribution in [0.4, 0.5) is 14.5 Å². The van der Waals surface area contributed by atoms with Gasteiger partial charge < -0.3 is 14.5 Å². The van der Waals surface area contributed by atoms with Crippen LogP contribution in [0.2, 0.25) is 5.02 Å². The lowest BCUT2D eigenvalue weighted by Gasteiger charge is -2.09. The fraction of sp³-hybridized carbons (Fsp3) is 0.214. The van der Waals surface area contributed by atoms with Gasteiger partial charge in [-0.15, -0.1) is 0 Å². The van der Waals surface area contributed by atoms with E-state index in [9.17, 15) is 13.6 Å². The lowest BCUT2D eigenvalue weighted by molar-refractivity contribution is -0.0497. The standard InChI is InChI=1S/C14H12ClF2NO3/c1-7-5-10(8(2)20-7)13(19)18-9-3-4-12(11(15)6-9)21-14(16)17/h3-6,14H,1-2H3,(H,18,19). The molecule has 0 aliphatic rings. The number of aryl methyl sites for hydroxylation is 2. The van der Waals surface area contributed by atoms with Gasteiger partial charge in [0.2, 0.25) is 0 Å². The van der Waals surface area contributed by atoms with Crippen molar-refractivity contribution in [2.24, 2.45) is 0 Å². The fourth-order valence-electron chi connectivity index (χ4n) is 1.82. The van der Waals surface area contributed by atoms with Gasteiger partial charge in [-0.3, -0.25) is 4.79 Å². The molecule has 21 heavy (non-hydrogen) atoms. The molecular weight excluding hydrogens is 304 g/mol. The zero-order valence-corrected chi connectivity index (χ0v) is 12.0. The van der Waals surface area contributed by atoms with Crippen LogP contribution in [0, 0.1) is 13.8 Å². The van der Waals surface area contributed by atoms with Crippen LogP contribution in [0.15, 0.2) is 28.7 Å². The Balaban J connectivity index is 2.15. The highest BCUT2D eigenvalue weighted by atomic mass is 35.5. The van der Waals surface area contributed by atoms with Crippen molar-refractivity contribution in [2.75, 3.05) is 5.32 Å². The summed E-state index contributed by atoms with van der Waals surface area (Å²) >= 11 is 5.81. The Morgan fingerprint density at radius 1 is 1.33 bits per heavy atom. The van der Waals surface area contributed by atoms with E-state index in [-0.39, 0.29) is 16.7 Å². The van der Waals surface area contributed by atoms with E-state index in [1.165, 1.54) is 18.2 Å². The molecule has 0 saturated carbocycles. The van der Waals surface area contributed by atoms with Crippen molar-refractivity contribution in [3.63, 3.8) is 0 Å². The van der Waals surface area contributed by atoms with Gasteiger partial charge >= 0.3 is 6.61 Å². The van der Waals surface area contributed by atoms with E-state index in [2.05, 4.69) is 10.1 Å². The summed E-state index contributed by atoms with van der Waals surface area (Å²) in [6.45, 7) is 0.450. The van der Waals surface area contributed by atoms with E-state index in [1.54, 1.807) is 19.9 Å². The van der Waals surface area contributed by atoms with Crippen molar-refractivity contribution < 1.29 is 22.7 Å². The van der Waals surface area contributed by atoms with Crippen LogP contribution in [-0.2, 0) is 0 Å². The molecule has 0 unspecified atom stereocenters. The maximum atomic E-state index is 12.1. The summed E-state index contributed by atoms with van der Waals surface area (Å²) in [6.07, 6.45) is 0. The second kappa shape index (κ2) is 6.13. The third-order valence-corrected chi connectivity index (χ3v) is 2.99. The Kier molecular flexibility index (Phi) is 4.47. The van der Waals surface area contributed by atoms with Gasteiger partial charge in [0.25, 0.3) is 5.91 Å².